The highest BCUT2D eigenvalue weighted by Crippen LogP contribution is 2.19. The highest BCUT2D eigenvalue weighted by molar-refractivity contribution is 5.15. The fraction of sp³-hybridized carbons (Fsp3) is 0.667. The van der Waals surface area contributed by atoms with Crippen molar-refractivity contribution in [2.75, 3.05) is 0 Å². The van der Waals surface area contributed by atoms with Crippen molar-refractivity contribution in [1.82, 2.24) is 0 Å². The van der Waals surface area contributed by atoms with Crippen LogP contribution in [0.1, 0.15) is 83.6 Å². The molecule has 21 heavy (non-hydrogen) atoms. The zero-order valence-electron chi connectivity index (χ0n) is 14.3. The minimum Gasteiger partial charge on any atom is -0.0654 e. The first kappa shape index (κ1) is 18.3. The topological polar surface area (TPSA) is 0 Å². The van der Waals surface area contributed by atoms with E-state index < -0.39 is 0 Å². The maximum Gasteiger partial charge on any atom is -0.0248 e. The molecule has 0 aliphatic rings. The van der Waals surface area contributed by atoms with Crippen molar-refractivity contribution in [3.63, 3.8) is 0 Å². The molecule has 0 saturated heterocycles. The van der Waals surface area contributed by atoms with Gasteiger partial charge in [-0.1, -0.05) is 102 Å². The molecule has 1 atom stereocenters. The van der Waals surface area contributed by atoms with Crippen molar-refractivity contribution >= 4 is 0 Å². The summed E-state index contributed by atoms with van der Waals surface area (Å²) in [7, 11) is 0. The first-order valence-corrected chi connectivity index (χ1v) is 9.20. The van der Waals surface area contributed by atoms with Crippen LogP contribution in [0.2, 0.25) is 0 Å². The van der Waals surface area contributed by atoms with Gasteiger partial charge in [0.25, 0.3) is 0 Å². The van der Waals surface area contributed by atoms with Crippen molar-refractivity contribution in [3.05, 3.63) is 42.3 Å². The third kappa shape index (κ3) is 9.72. The minimum atomic E-state index is 0.761. The van der Waals surface area contributed by atoms with Crippen LogP contribution in [0.4, 0.5) is 0 Å². The van der Waals surface area contributed by atoms with E-state index in [1.165, 1.54) is 76.2 Å². The van der Waals surface area contributed by atoms with Gasteiger partial charge in [-0.05, 0) is 30.7 Å². The van der Waals surface area contributed by atoms with E-state index in [2.05, 4.69) is 50.6 Å². The van der Waals surface area contributed by atoms with Crippen molar-refractivity contribution in [3.8, 4) is 0 Å². The summed E-state index contributed by atoms with van der Waals surface area (Å²) in [5.74, 6) is 0.761. The molecule has 1 unspecified atom stereocenters. The molecule has 0 heteroatoms. The molecular formula is C21H35. The Morgan fingerprint density at radius 3 is 1.95 bits per heavy atom. The predicted molar refractivity (Wildman–Crippen MR) is 95.5 cm³/mol. The van der Waals surface area contributed by atoms with Gasteiger partial charge in [0.05, 0.1) is 0 Å². The summed E-state index contributed by atoms with van der Waals surface area (Å²) in [5, 5.41) is 0. The lowest BCUT2D eigenvalue weighted by atomic mass is 9.91. The molecule has 0 bridgehead atoms. The number of hydrogen-bond donors (Lipinski definition) is 0. The van der Waals surface area contributed by atoms with Gasteiger partial charge in [-0.2, -0.15) is 0 Å². The summed E-state index contributed by atoms with van der Waals surface area (Å²) in [4.78, 5) is 0. The normalized spacial score (nSPS) is 12.5. The van der Waals surface area contributed by atoms with Gasteiger partial charge in [-0.25, -0.2) is 0 Å². The Balaban J connectivity index is 2.00. The summed E-state index contributed by atoms with van der Waals surface area (Å²) in [6.07, 6.45) is 17.8. The van der Waals surface area contributed by atoms with Crippen molar-refractivity contribution in [2.45, 2.75) is 84.5 Å². The lowest BCUT2D eigenvalue weighted by molar-refractivity contribution is 0.491. The zero-order valence-corrected chi connectivity index (χ0v) is 14.3. The third-order valence-corrected chi connectivity index (χ3v) is 4.49. The Kier molecular flexibility index (Phi) is 11.2. The number of unbranched alkanes of at least 4 members (excludes halogenated alkanes) is 8. The highest BCUT2D eigenvalue weighted by atomic mass is 14.1. The van der Waals surface area contributed by atoms with Crippen LogP contribution in [0, 0.1) is 12.3 Å². The molecule has 0 amide bonds. The summed E-state index contributed by atoms with van der Waals surface area (Å²) >= 11 is 0. The summed E-state index contributed by atoms with van der Waals surface area (Å²) in [6, 6.07) is 10.9. The zero-order chi connectivity index (χ0) is 15.2. The van der Waals surface area contributed by atoms with Gasteiger partial charge in [0, 0.05) is 0 Å². The van der Waals surface area contributed by atoms with Crippen molar-refractivity contribution < 1.29 is 0 Å². The van der Waals surface area contributed by atoms with E-state index in [9.17, 15) is 0 Å². The van der Waals surface area contributed by atoms with Crippen LogP contribution in [0.15, 0.2) is 30.3 Å². The monoisotopic (exact) mass is 287 g/mol. The van der Waals surface area contributed by atoms with Gasteiger partial charge in [0.15, 0.2) is 0 Å². The van der Waals surface area contributed by atoms with E-state index >= 15 is 0 Å². The molecule has 0 aliphatic carbocycles. The Morgan fingerprint density at radius 1 is 0.810 bits per heavy atom. The number of benzene rings is 1. The molecule has 119 valence electrons. The van der Waals surface area contributed by atoms with Crippen LogP contribution in [0.3, 0.4) is 0 Å². The van der Waals surface area contributed by atoms with Gasteiger partial charge in [0.2, 0.25) is 0 Å². The molecule has 1 radical (unpaired) electrons. The van der Waals surface area contributed by atoms with Gasteiger partial charge in [-0.15, -0.1) is 0 Å². The fourth-order valence-electron chi connectivity index (χ4n) is 3.02. The van der Waals surface area contributed by atoms with Crippen molar-refractivity contribution in [1.29, 1.82) is 0 Å². The predicted octanol–water partition coefficient (Wildman–Crippen LogP) is 6.99. The maximum absolute atomic E-state index is 2.40. The molecule has 0 nitrogen and oxygen atoms in total. The number of rotatable bonds is 13. The van der Waals surface area contributed by atoms with E-state index in [1.54, 1.807) is 0 Å². The van der Waals surface area contributed by atoms with Gasteiger partial charge in [-0.3, -0.25) is 0 Å². The van der Waals surface area contributed by atoms with E-state index in [1.807, 2.05) is 0 Å². The molecule has 1 aromatic carbocycles. The van der Waals surface area contributed by atoms with Gasteiger partial charge >= 0.3 is 0 Å². The Bertz CT molecular complexity index is 314. The lowest BCUT2D eigenvalue weighted by Crippen LogP contribution is -2.04. The first-order chi connectivity index (χ1) is 10.4. The van der Waals surface area contributed by atoms with Crippen LogP contribution in [0.25, 0.3) is 0 Å². The molecule has 0 N–H and O–H groups in total. The second kappa shape index (κ2) is 12.9. The average Bonchev–Trinajstić information content (AvgIpc) is 2.53. The minimum absolute atomic E-state index is 0.761. The third-order valence-electron chi connectivity index (χ3n) is 4.49. The molecule has 0 aliphatic heterocycles. The summed E-state index contributed by atoms with van der Waals surface area (Å²) < 4.78 is 0. The smallest absolute Gasteiger partial charge is 0.0248 e. The molecular weight excluding hydrogens is 252 g/mol. The molecule has 0 saturated carbocycles. The molecule has 0 spiro atoms. The van der Waals surface area contributed by atoms with Gasteiger partial charge < -0.3 is 0 Å². The summed E-state index contributed by atoms with van der Waals surface area (Å²) in [5.41, 5.74) is 1.48. The first-order valence-electron chi connectivity index (χ1n) is 9.20. The molecule has 1 aromatic rings. The molecule has 0 fully saturated rings. The maximum atomic E-state index is 2.40. The van der Waals surface area contributed by atoms with Crippen LogP contribution >= 0.6 is 0 Å². The van der Waals surface area contributed by atoms with E-state index in [4.69, 9.17) is 0 Å². The molecule has 1 rings (SSSR count). The van der Waals surface area contributed by atoms with Crippen LogP contribution in [-0.4, -0.2) is 0 Å². The Hall–Kier alpha value is -0.780. The Morgan fingerprint density at radius 2 is 1.38 bits per heavy atom. The van der Waals surface area contributed by atoms with Crippen LogP contribution in [-0.2, 0) is 6.42 Å². The van der Waals surface area contributed by atoms with E-state index in [-0.39, 0.29) is 0 Å². The largest absolute Gasteiger partial charge is 0.0654 e. The quantitative estimate of drug-likeness (QED) is 0.343. The second-order valence-electron chi connectivity index (χ2n) is 6.40. The van der Waals surface area contributed by atoms with Gasteiger partial charge in [0.1, 0.15) is 0 Å². The number of hydrogen-bond acceptors (Lipinski definition) is 0. The molecule has 0 aromatic heterocycles. The molecule has 0 heterocycles. The van der Waals surface area contributed by atoms with E-state index in [0.717, 1.165) is 5.92 Å². The lowest BCUT2D eigenvalue weighted by Gasteiger charge is -2.14. The average molecular weight is 288 g/mol. The Labute approximate surface area is 133 Å². The fourth-order valence-corrected chi connectivity index (χ4v) is 3.02. The second-order valence-corrected chi connectivity index (χ2v) is 6.40. The van der Waals surface area contributed by atoms with Crippen molar-refractivity contribution in [2.24, 2.45) is 5.92 Å². The SMILES string of the molecule is C[CH]C(CCCCCCCCCCC)Cc1ccccc1. The standard InChI is InChI=1S/C21H35/c1-3-5-6-7-8-9-10-11-13-16-20(4-2)19-21-17-14-12-15-18-21/h4,12,14-15,17-18,20H,3,5-11,13,16,19H2,1-2H3. The highest BCUT2D eigenvalue weighted by Gasteiger charge is 2.07. The van der Waals surface area contributed by atoms with Crippen LogP contribution < -0.4 is 0 Å². The summed E-state index contributed by atoms with van der Waals surface area (Å²) in [6.45, 7) is 4.51. The van der Waals surface area contributed by atoms with E-state index in [0.29, 0.717) is 0 Å². The van der Waals surface area contributed by atoms with Crippen LogP contribution in [0.5, 0.6) is 0 Å².